The lowest BCUT2D eigenvalue weighted by molar-refractivity contribution is 0.100. The van der Waals surface area contributed by atoms with Crippen LogP contribution in [-0.4, -0.2) is 41.4 Å². The molecule has 0 aliphatic heterocycles. The van der Waals surface area contributed by atoms with Crippen molar-refractivity contribution < 1.29 is 4.79 Å². The van der Waals surface area contributed by atoms with Crippen LogP contribution in [0, 0.1) is 0 Å². The van der Waals surface area contributed by atoms with Crippen LogP contribution < -0.4 is 16.8 Å². The fraction of sp³-hybridized carbons (Fsp3) is 0.667. The number of amides is 1. The van der Waals surface area contributed by atoms with Crippen LogP contribution in [0.4, 0.5) is 10.8 Å². The molecule has 0 unspecified atom stereocenters. The quantitative estimate of drug-likeness (QED) is 0.726. The highest BCUT2D eigenvalue weighted by molar-refractivity contribution is 7.11. The minimum absolute atomic E-state index is 0.212. The van der Waals surface area contributed by atoms with Gasteiger partial charge in [-0.05, 0) is 31.4 Å². The number of nitrogens with zero attached hydrogens (tertiary/aromatic N) is 2. The highest BCUT2D eigenvalue weighted by atomic mass is 32.1. The Labute approximate surface area is 117 Å². The molecule has 106 valence electrons. The zero-order valence-corrected chi connectivity index (χ0v) is 12.0. The Bertz CT molecular complexity index is 441. The van der Waals surface area contributed by atoms with Crippen molar-refractivity contribution in [3.05, 3.63) is 5.56 Å². The Hall–Kier alpha value is -1.34. The second kappa shape index (κ2) is 6.21. The molecule has 1 aliphatic carbocycles. The summed E-state index contributed by atoms with van der Waals surface area (Å²) in [5, 5.41) is 3.87. The van der Waals surface area contributed by atoms with E-state index in [0.717, 1.165) is 13.1 Å². The third kappa shape index (κ3) is 3.36. The fourth-order valence-corrected chi connectivity index (χ4v) is 3.28. The van der Waals surface area contributed by atoms with E-state index in [2.05, 4.69) is 21.6 Å². The van der Waals surface area contributed by atoms with Crippen molar-refractivity contribution >= 4 is 28.3 Å². The molecule has 19 heavy (non-hydrogen) atoms. The molecule has 0 atom stereocenters. The Morgan fingerprint density at radius 1 is 1.53 bits per heavy atom. The van der Waals surface area contributed by atoms with Gasteiger partial charge in [0.1, 0.15) is 10.6 Å². The smallest absolute Gasteiger partial charge is 0.255 e. The van der Waals surface area contributed by atoms with Gasteiger partial charge in [0, 0.05) is 19.1 Å². The second-order valence-corrected chi connectivity index (χ2v) is 5.76. The summed E-state index contributed by atoms with van der Waals surface area (Å²) in [5.74, 6) is -0.318. The minimum atomic E-state index is -0.530. The molecular formula is C12H21N5OS. The van der Waals surface area contributed by atoms with Crippen LogP contribution in [0.2, 0.25) is 0 Å². The van der Waals surface area contributed by atoms with Crippen molar-refractivity contribution in [1.82, 2.24) is 9.27 Å². The number of nitrogens with two attached hydrogens (primary N) is 2. The average Bonchev–Trinajstić information content (AvgIpc) is 2.98. The largest absolute Gasteiger partial charge is 0.382 e. The van der Waals surface area contributed by atoms with E-state index in [1.807, 2.05) is 0 Å². The van der Waals surface area contributed by atoms with E-state index in [1.54, 1.807) is 0 Å². The number of anilines is 2. The van der Waals surface area contributed by atoms with Crippen molar-refractivity contribution in [3.8, 4) is 0 Å². The summed E-state index contributed by atoms with van der Waals surface area (Å²) in [5.41, 5.74) is 11.2. The van der Waals surface area contributed by atoms with E-state index in [-0.39, 0.29) is 5.82 Å². The van der Waals surface area contributed by atoms with Gasteiger partial charge in [-0.2, -0.15) is 4.37 Å². The van der Waals surface area contributed by atoms with E-state index in [0.29, 0.717) is 16.6 Å². The molecule has 0 bridgehead atoms. The Balaban J connectivity index is 1.84. The number of primary amides is 1. The number of nitrogens with one attached hydrogen (secondary N) is 1. The SMILES string of the molecule is CN(CCNc1snc(N)c1C(N)=O)C1CCCC1. The average molecular weight is 283 g/mol. The standard InChI is InChI=1S/C12H21N5OS/c1-17(8-4-2-3-5-8)7-6-15-12-9(11(14)18)10(13)16-19-12/h8,15H,2-7H2,1H3,(H2,13,16)(H2,14,18). The van der Waals surface area contributed by atoms with Crippen LogP contribution in [0.25, 0.3) is 0 Å². The molecule has 1 aliphatic rings. The zero-order chi connectivity index (χ0) is 13.8. The van der Waals surface area contributed by atoms with Gasteiger partial charge >= 0.3 is 0 Å². The molecule has 1 heterocycles. The summed E-state index contributed by atoms with van der Waals surface area (Å²) >= 11 is 1.18. The van der Waals surface area contributed by atoms with E-state index >= 15 is 0 Å². The zero-order valence-electron chi connectivity index (χ0n) is 11.2. The third-order valence-electron chi connectivity index (χ3n) is 3.66. The molecule has 0 spiro atoms. The summed E-state index contributed by atoms with van der Waals surface area (Å²) in [7, 11) is 2.15. The Kier molecular flexibility index (Phi) is 4.60. The van der Waals surface area contributed by atoms with Gasteiger partial charge in [-0.15, -0.1) is 0 Å². The van der Waals surface area contributed by atoms with E-state index in [9.17, 15) is 4.79 Å². The normalized spacial score (nSPS) is 16.1. The van der Waals surface area contributed by atoms with Crippen molar-refractivity contribution in [1.29, 1.82) is 0 Å². The number of nitrogen functional groups attached to an aromatic ring is 1. The Morgan fingerprint density at radius 3 is 2.84 bits per heavy atom. The summed E-state index contributed by atoms with van der Waals surface area (Å²) in [6.07, 6.45) is 5.24. The van der Waals surface area contributed by atoms with Crippen molar-refractivity contribution in [2.45, 2.75) is 31.7 Å². The third-order valence-corrected chi connectivity index (χ3v) is 4.48. The maximum Gasteiger partial charge on any atom is 0.255 e. The summed E-state index contributed by atoms with van der Waals surface area (Å²) < 4.78 is 3.96. The molecule has 5 N–H and O–H groups in total. The molecule has 0 saturated heterocycles. The number of aromatic nitrogens is 1. The molecule has 2 rings (SSSR count). The minimum Gasteiger partial charge on any atom is -0.382 e. The van der Waals surface area contributed by atoms with Gasteiger partial charge < -0.3 is 21.7 Å². The van der Waals surface area contributed by atoms with Crippen LogP contribution in [0.1, 0.15) is 36.0 Å². The summed E-state index contributed by atoms with van der Waals surface area (Å²) in [4.78, 5) is 13.6. The number of hydrogen-bond donors (Lipinski definition) is 3. The van der Waals surface area contributed by atoms with Gasteiger partial charge in [-0.25, -0.2) is 0 Å². The lowest BCUT2D eigenvalue weighted by Gasteiger charge is -2.23. The lowest BCUT2D eigenvalue weighted by Crippen LogP contribution is -2.33. The first-order valence-corrected chi connectivity index (χ1v) is 7.36. The maximum atomic E-state index is 11.3. The van der Waals surface area contributed by atoms with E-state index in [4.69, 9.17) is 11.5 Å². The molecule has 1 aromatic heterocycles. The predicted octanol–water partition coefficient (Wildman–Crippen LogP) is 1.11. The van der Waals surface area contributed by atoms with Gasteiger partial charge in [-0.1, -0.05) is 12.8 Å². The molecular weight excluding hydrogens is 262 g/mol. The Morgan fingerprint density at radius 2 is 2.21 bits per heavy atom. The lowest BCUT2D eigenvalue weighted by atomic mass is 10.2. The van der Waals surface area contributed by atoms with Gasteiger partial charge in [0.15, 0.2) is 5.82 Å². The topological polar surface area (TPSA) is 97.3 Å². The number of rotatable bonds is 6. The second-order valence-electron chi connectivity index (χ2n) is 4.98. The van der Waals surface area contributed by atoms with Crippen molar-refractivity contribution in [2.24, 2.45) is 5.73 Å². The highest BCUT2D eigenvalue weighted by Gasteiger charge is 2.20. The van der Waals surface area contributed by atoms with Gasteiger partial charge in [0.05, 0.1) is 0 Å². The summed E-state index contributed by atoms with van der Waals surface area (Å²) in [6, 6.07) is 0.698. The molecule has 1 saturated carbocycles. The van der Waals surface area contributed by atoms with Crippen LogP contribution in [0.3, 0.4) is 0 Å². The maximum absolute atomic E-state index is 11.3. The first kappa shape index (κ1) is 14.1. The number of likely N-dealkylation sites (N-methyl/N-ethyl adjacent to an activating group) is 1. The first-order chi connectivity index (χ1) is 9.09. The van der Waals surface area contributed by atoms with Crippen LogP contribution >= 0.6 is 11.5 Å². The van der Waals surface area contributed by atoms with Gasteiger partial charge in [-0.3, -0.25) is 4.79 Å². The van der Waals surface area contributed by atoms with Gasteiger partial charge in [0.2, 0.25) is 0 Å². The monoisotopic (exact) mass is 283 g/mol. The van der Waals surface area contributed by atoms with E-state index < -0.39 is 5.91 Å². The number of carbonyl (C=O) groups excluding carboxylic acids is 1. The molecule has 0 aromatic carbocycles. The van der Waals surface area contributed by atoms with Crippen molar-refractivity contribution in [3.63, 3.8) is 0 Å². The molecule has 6 nitrogen and oxygen atoms in total. The van der Waals surface area contributed by atoms with Crippen LogP contribution in [0.5, 0.6) is 0 Å². The van der Waals surface area contributed by atoms with E-state index in [1.165, 1.54) is 37.2 Å². The first-order valence-electron chi connectivity index (χ1n) is 6.58. The van der Waals surface area contributed by atoms with Crippen LogP contribution in [0.15, 0.2) is 0 Å². The highest BCUT2D eigenvalue weighted by Crippen LogP contribution is 2.26. The molecule has 7 heteroatoms. The summed E-state index contributed by atoms with van der Waals surface area (Å²) in [6.45, 7) is 1.69. The van der Waals surface area contributed by atoms with Crippen LogP contribution in [-0.2, 0) is 0 Å². The molecule has 1 aromatic rings. The van der Waals surface area contributed by atoms with Crippen molar-refractivity contribution in [2.75, 3.05) is 31.2 Å². The fourth-order valence-electron chi connectivity index (χ4n) is 2.53. The predicted molar refractivity (Wildman–Crippen MR) is 78.4 cm³/mol. The molecule has 0 radical (unpaired) electrons. The number of hydrogen-bond acceptors (Lipinski definition) is 6. The molecule has 1 fully saturated rings. The van der Waals surface area contributed by atoms with Gasteiger partial charge in [0.25, 0.3) is 5.91 Å². The number of carbonyl (C=O) groups is 1. The molecule has 1 amide bonds.